The third-order valence-electron chi connectivity index (χ3n) is 5.12. The molecule has 0 unspecified atom stereocenters. The molecule has 1 fully saturated rings. The molecule has 0 spiro atoms. The molecular formula is C22H25Cl2N5. The number of anilines is 1. The van der Waals surface area contributed by atoms with Gasteiger partial charge in [-0.3, -0.25) is 4.90 Å². The summed E-state index contributed by atoms with van der Waals surface area (Å²) in [4.78, 5) is 9.23. The molecule has 3 heterocycles. The van der Waals surface area contributed by atoms with Gasteiger partial charge in [0.1, 0.15) is 0 Å². The molecule has 1 saturated heterocycles. The van der Waals surface area contributed by atoms with Crippen LogP contribution in [0, 0.1) is 6.92 Å². The van der Waals surface area contributed by atoms with Gasteiger partial charge in [-0.2, -0.15) is 5.10 Å². The standard InChI is InChI=1S/C22H24ClN5.ClH/c1-18-19(17-25-28(18)22-9-2-3-10-24-22)6-5-11-26-12-14-27(15-13-26)21-8-4-7-20(23)16-21;/h2-10,16-17H,11-15H2,1H3;1H/b6-5+;. The summed E-state index contributed by atoms with van der Waals surface area (Å²) >= 11 is 6.12. The van der Waals surface area contributed by atoms with E-state index in [-0.39, 0.29) is 12.4 Å². The van der Waals surface area contributed by atoms with Crippen molar-refractivity contribution in [2.45, 2.75) is 6.92 Å². The molecule has 0 aliphatic carbocycles. The van der Waals surface area contributed by atoms with Crippen molar-refractivity contribution in [3.63, 3.8) is 0 Å². The molecule has 0 N–H and O–H groups in total. The van der Waals surface area contributed by atoms with E-state index in [1.165, 1.54) is 5.69 Å². The normalized spacial score (nSPS) is 14.9. The lowest BCUT2D eigenvalue weighted by atomic mass is 10.2. The molecule has 0 amide bonds. The van der Waals surface area contributed by atoms with Crippen LogP contribution in [-0.4, -0.2) is 52.4 Å². The van der Waals surface area contributed by atoms with Gasteiger partial charge in [-0.05, 0) is 37.3 Å². The third-order valence-corrected chi connectivity index (χ3v) is 5.36. The van der Waals surface area contributed by atoms with Crippen molar-refractivity contribution in [1.29, 1.82) is 0 Å². The minimum absolute atomic E-state index is 0. The van der Waals surface area contributed by atoms with Crippen LogP contribution in [0.25, 0.3) is 11.9 Å². The Kier molecular flexibility index (Phi) is 7.31. The Labute approximate surface area is 183 Å². The number of aromatic nitrogens is 3. The maximum Gasteiger partial charge on any atom is 0.153 e. The molecule has 4 rings (SSSR count). The topological polar surface area (TPSA) is 37.2 Å². The minimum Gasteiger partial charge on any atom is -0.369 e. The molecule has 152 valence electrons. The zero-order valence-corrected chi connectivity index (χ0v) is 18.0. The Morgan fingerprint density at radius 3 is 2.62 bits per heavy atom. The first kappa shape index (κ1) is 21.4. The summed E-state index contributed by atoms with van der Waals surface area (Å²) in [5, 5.41) is 5.27. The van der Waals surface area contributed by atoms with Gasteiger partial charge in [0.15, 0.2) is 5.82 Å². The fourth-order valence-corrected chi connectivity index (χ4v) is 3.67. The van der Waals surface area contributed by atoms with Crippen LogP contribution in [0.15, 0.2) is 60.9 Å². The first-order valence-electron chi connectivity index (χ1n) is 9.56. The quantitative estimate of drug-likeness (QED) is 0.598. The Morgan fingerprint density at radius 2 is 1.90 bits per heavy atom. The summed E-state index contributed by atoms with van der Waals surface area (Å²) in [6.07, 6.45) is 8.07. The average molecular weight is 430 g/mol. The summed E-state index contributed by atoms with van der Waals surface area (Å²) in [5.74, 6) is 0.844. The van der Waals surface area contributed by atoms with Crippen molar-refractivity contribution in [3.8, 4) is 5.82 Å². The Morgan fingerprint density at radius 1 is 1.07 bits per heavy atom. The molecule has 1 aromatic carbocycles. The van der Waals surface area contributed by atoms with Crippen molar-refractivity contribution in [1.82, 2.24) is 19.7 Å². The smallest absolute Gasteiger partial charge is 0.153 e. The van der Waals surface area contributed by atoms with E-state index in [1.54, 1.807) is 6.20 Å². The van der Waals surface area contributed by atoms with Crippen LogP contribution in [0.3, 0.4) is 0 Å². The van der Waals surface area contributed by atoms with Crippen molar-refractivity contribution in [2.75, 3.05) is 37.6 Å². The van der Waals surface area contributed by atoms with E-state index in [0.717, 1.165) is 54.8 Å². The molecule has 0 radical (unpaired) electrons. The van der Waals surface area contributed by atoms with Gasteiger partial charge in [-0.1, -0.05) is 35.9 Å². The molecule has 0 atom stereocenters. The van der Waals surface area contributed by atoms with Gasteiger partial charge < -0.3 is 4.90 Å². The van der Waals surface area contributed by atoms with Gasteiger partial charge in [0.2, 0.25) is 0 Å². The lowest BCUT2D eigenvalue weighted by molar-refractivity contribution is 0.284. The molecule has 0 saturated carbocycles. The lowest BCUT2D eigenvalue weighted by Gasteiger charge is -2.35. The highest BCUT2D eigenvalue weighted by molar-refractivity contribution is 6.30. The Balaban J connectivity index is 0.00000240. The molecule has 0 bridgehead atoms. The van der Waals surface area contributed by atoms with Gasteiger partial charge in [-0.25, -0.2) is 9.67 Å². The van der Waals surface area contributed by atoms with E-state index in [1.807, 2.05) is 47.3 Å². The zero-order valence-electron chi connectivity index (χ0n) is 16.4. The second-order valence-corrected chi connectivity index (χ2v) is 7.39. The van der Waals surface area contributed by atoms with Crippen LogP contribution in [0.1, 0.15) is 11.3 Å². The minimum atomic E-state index is 0. The number of hydrogen-bond acceptors (Lipinski definition) is 4. The van der Waals surface area contributed by atoms with Gasteiger partial charge in [0, 0.05) is 55.2 Å². The maximum absolute atomic E-state index is 6.12. The Bertz CT molecular complexity index is 947. The van der Waals surface area contributed by atoms with E-state index in [9.17, 15) is 0 Å². The van der Waals surface area contributed by atoms with Crippen LogP contribution in [0.4, 0.5) is 5.69 Å². The van der Waals surface area contributed by atoms with Crippen LogP contribution >= 0.6 is 24.0 Å². The van der Waals surface area contributed by atoms with Crippen LogP contribution in [0.2, 0.25) is 5.02 Å². The van der Waals surface area contributed by atoms with Gasteiger partial charge in [-0.15, -0.1) is 12.4 Å². The number of halogens is 2. The molecule has 29 heavy (non-hydrogen) atoms. The SMILES string of the molecule is Cc1c(/C=C/CN2CCN(c3cccc(Cl)c3)CC2)cnn1-c1ccccn1.Cl. The van der Waals surface area contributed by atoms with E-state index in [2.05, 4.69) is 45.0 Å². The largest absolute Gasteiger partial charge is 0.369 e. The summed E-state index contributed by atoms with van der Waals surface area (Å²) < 4.78 is 1.88. The van der Waals surface area contributed by atoms with Crippen molar-refractivity contribution in [2.24, 2.45) is 0 Å². The van der Waals surface area contributed by atoms with Gasteiger partial charge in [0.05, 0.1) is 11.9 Å². The second-order valence-electron chi connectivity index (χ2n) is 6.95. The highest BCUT2D eigenvalue weighted by atomic mass is 35.5. The van der Waals surface area contributed by atoms with Crippen molar-refractivity contribution in [3.05, 3.63) is 77.2 Å². The number of rotatable bonds is 5. The number of nitrogens with zero attached hydrogens (tertiary/aromatic N) is 5. The van der Waals surface area contributed by atoms with Gasteiger partial charge >= 0.3 is 0 Å². The Hall–Kier alpha value is -2.34. The van der Waals surface area contributed by atoms with Crippen molar-refractivity contribution >= 4 is 35.8 Å². The summed E-state index contributed by atoms with van der Waals surface area (Å²) in [6, 6.07) is 14.0. The van der Waals surface area contributed by atoms with E-state index < -0.39 is 0 Å². The van der Waals surface area contributed by atoms with Crippen LogP contribution < -0.4 is 4.90 Å². The molecule has 1 aliphatic heterocycles. The summed E-state index contributed by atoms with van der Waals surface area (Å²) in [6.45, 7) is 7.14. The molecular weight excluding hydrogens is 405 g/mol. The molecule has 1 aliphatic rings. The maximum atomic E-state index is 6.12. The van der Waals surface area contributed by atoms with E-state index in [0.29, 0.717) is 0 Å². The summed E-state index contributed by atoms with van der Waals surface area (Å²) in [5.41, 5.74) is 3.43. The first-order chi connectivity index (χ1) is 13.7. The fourth-order valence-electron chi connectivity index (χ4n) is 3.49. The number of hydrogen-bond donors (Lipinski definition) is 0. The van der Waals surface area contributed by atoms with E-state index in [4.69, 9.17) is 11.6 Å². The molecule has 3 aromatic rings. The van der Waals surface area contributed by atoms with Crippen LogP contribution in [0.5, 0.6) is 0 Å². The predicted molar refractivity (Wildman–Crippen MR) is 122 cm³/mol. The molecule has 2 aromatic heterocycles. The third kappa shape index (κ3) is 5.18. The number of pyridine rings is 1. The highest BCUT2D eigenvalue weighted by Crippen LogP contribution is 2.21. The molecule has 5 nitrogen and oxygen atoms in total. The highest BCUT2D eigenvalue weighted by Gasteiger charge is 2.16. The first-order valence-corrected chi connectivity index (χ1v) is 9.94. The number of piperazine rings is 1. The predicted octanol–water partition coefficient (Wildman–Crippen LogP) is 4.49. The average Bonchev–Trinajstić information content (AvgIpc) is 3.10. The number of benzene rings is 1. The van der Waals surface area contributed by atoms with Crippen LogP contribution in [-0.2, 0) is 0 Å². The lowest BCUT2D eigenvalue weighted by Crippen LogP contribution is -2.46. The molecule has 7 heteroatoms. The second kappa shape index (κ2) is 9.92. The van der Waals surface area contributed by atoms with Gasteiger partial charge in [0.25, 0.3) is 0 Å². The van der Waals surface area contributed by atoms with Crippen molar-refractivity contribution < 1.29 is 0 Å². The summed E-state index contributed by atoms with van der Waals surface area (Å²) in [7, 11) is 0. The fraction of sp³-hybridized carbons (Fsp3) is 0.273. The van der Waals surface area contributed by atoms with E-state index >= 15 is 0 Å². The zero-order chi connectivity index (χ0) is 19.3. The monoisotopic (exact) mass is 429 g/mol.